The molecule has 0 radical (unpaired) electrons. The number of aromatic nitrogens is 2. The quantitative estimate of drug-likeness (QED) is 0.451. The lowest BCUT2D eigenvalue weighted by atomic mass is 10.2. The van der Waals surface area contributed by atoms with Gasteiger partial charge in [-0.2, -0.15) is 0 Å². The van der Waals surface area contributed by atoms with Crippen molar-refractivity contribution in [2.75, 3.05) is 44.2 Å². The molecule has 0 aliphatic carbocycles. The van der Waals surface area contributed by atoms with Crippen LogP contribution in [0.3, 0.4) is 0 Å². The lowest BCUT2D eigenvalue weighted by Gasteiger charge is -2.35. The second-order valence-corrected chi connectivity index (χ2v) is 6.41. The number of aliphatic imine (C=N–C) groups is 1. The first-order chi connectivity index (χ1) is 13.1. The normalized spacial score (nSPS) is 14.9. The molecule has 0 saturated carbocycles. The number of anilines is 1. The summed E-state index contributed by atoms with van der Waals surface area (Å²) in [5, 5.41) is 3.23. The molecule has 0 spiro atoms. The zero-order valence-electron chi connectivity index (χ0n) is 14.9. The third-order valence-corrected chi connectivity index (χ3v) is 4.56. The minimum Gasteiger partial charge on any atom is -0.370 e. The summed E-state index contributed by atoms with van der Waals surface area (Å²) < 4.78 is 0. The number of amides is 1. The van der Waals surface area contributed by atoms with Gasteiger partial charge in [0.15, 0.2) is 5.96 Å². The molecule has 1 saturated heterocycles. The number of piperazine rings is 1. The van der Waals surface area contributed by atoms with E-state index in [-0.39, 0.29) is 5.91 Å². The van der Waals surface area contributed by atoms with Crippen molar-refractivity contribution in [1.29, 1.82) is 0 Å². The van der Waals surface area contributed by atoms with Crippen LogP contribution in [0.5, 0.6) is 0 Å². The van der Waals surface area contributed by atoms with Crippen molar-refractivity contribution in [3.05, 3.63) is 53.3 Å². The number of carbonyl (C=O) groups is 1. The van der Waals surface area contributed by atoms with E-state index in [1.807, 2.05) is 4.90 Å². The minimum absolute atomic E-state index is 0.217. The van der Waals surface area contributed by atoms with Gasteiger partial charge in [0, 0.05) is 45.1 Å². The topological polar surface area (TPSA) is 99.7 Å². The molecule has 9 heteroatoms. The molecule has 0 unspecified atom stereocenters. The Bertz CT molecular complexity index is 791. The zero-order valence-corrected chi connectivity index (χ0v) is 15.6. The number of carbonyl (C=O) groups excluding carboxylic acids is 1. The highest BCUT2D eigenvalue weighted by molar-refractivity contribution is 6.33. The van der Waals surface area contributed by atoms with Crippen LogP contribution < -0.4 is 16.0 Å². The molecule has 3 rings (SSSR count). The molecular weight excluding hydrogens is 366 g/mol. The number of guanidine groups is 1. The molecule has 27 heavy (non-hydrogen) atoms. The number of nitrogens with two attached hydrogens (primary N) is 1. The summed E-state index contributed by atoms with van der Waals surface area (Å²) in [5.41, 5.74) is 6.53. The van der Waals surface area contributed by atoms with Gasteiger partial charge in [-0.05, 0) is 18.2 Å². The van der Waals surface area contributed by atoms with Crippen LogP contribution in [0.4, 0.5) is 5.95 Å². The smallest absolute Gasteiger partial charge is 0.252 e. The minimum atomic E-state index is -0.217. The van der Waals surface area contributed by atoms with Gasteiger partial charge in [0.05, 0.1) is 17.1 Å². The molecule has 8 nitrogen and oxygen atoms in total. The van der Waals surface area contributed by atoms with E-state index in [2.05, 4.69) is 25.2 Å². The van der Waals surface area contributed by atoms with Gasteiger partial charge in [-0.1, -0.05) is 23.7 Å². The lowest BCUT2D eigenvalue weighted by molar-refractivity contribution is 0.0955. The number of benzene rings is 1. The molecule has 1 aromatic carbocycles. The van der Waals surface area contributed by atoms with E-state index < -0.39 is 0 Å². The van der Waals surface area contributed by atoms with Crippen molar-refractivity contribution >= 4 is 29.4 Å². The Labute approximate surface area is 163 Å². The van der Waals surface area contributed by atoms with Gasteiger partial charge in [-0.3, -0.25) is 9.79 Å². The summed E-state index contributed by atoms with van der Waals surface area (Å²) >= 11 is 6.01. The molecule has 1 fully saturated rings. The molecule has 2 heterocycles. The maximum atomic E-state index is 12.1. The third-order valence-electron chi connectivity index (χ3n) is 4.23. The maximum Gasteiger partial charge on any atom is 0.252 e. The highest BCUT2D eigenvalue weighted by Crippen LogP contribution is 2.14. The van der Waals surface area contributed by atoms with Gasteiger partial charge < -0.3 is 20.9 Å². The second kappa shape index (κ2) is 9.18. The fourth-order valence-corrected chi connectivity index (χ4v) is 2.99. The van der Waals surface area contributed by atoms with Crippen molar-refractivity contribution in [2.45, 2.75) is 0 Å². The molecule has 1 aromatic heterocycles. The van der Waals surface area contributed by atoms with Crippen LogP contribution in [0, 0.1) is 0 Å². The number of nitrogens with one attached hydrogen (secondary N) is 1. The van der Waals surface area contributed by atoms with Crippen molar-refractivity contribution in [2.24, 2.45) is 10.7 Å². The zero-order chi connectivity index (χ0) is 19.1. The Kier molecular flexibility index (Phi) is 6.43. The average Bonchev–Trinajstić information content (AvgIpc) is 2.72. The summed E-state index contributed by atoms with van der Waals surface area (Å²) in [7, 11) is 0. The highest BCUT2D eigenvalue weighted by atomic mass is 35.5. The first kappa shape index (κ1) is 18.9. The van der Waals surface area contributed by atoms with Crippen molar-refractivity contribution in [3.63, 3.8) is 0 Å². The number of hydrogen-bond acceptors (Lipinski definition) is 5. The standard InChI is InChI=1S/C18H22ClN7O/c19-15-5-2-1-4-14(15)16(27)21-8-9-22-17(20)25-10-12-26(13-11-25)18-23-6-3-7-24-18/h1-7H,8-13H2,(H2,20,22)(H,21,27). The molecule has 3 N–H and O–H groups in total. The molecule has 0 atom stereocenters. The van der Waals surface area contributed by atoms with Gasteiger partial charge in [0.1, 0.15) is 0 Å². The number of halogens is 1. The summed E-state index contributed by atoms with van der Waals surface area (Å²) in [6.45, 7) is 3.86. The second-order valence-electron chi connectivity index (χ2n) is 6.00. The number of rotatable bonds is 5. The van der Waals surface area contributed by atoms with Gasteiger partial charge >= 0.3 is 0 Å². The van der Waals surface area contributed by atoms with Crippen LogP contribution in [0.25, 0.3) is 0 Å². The largest absolute Gasteiger partial charge is 0.370 e. The molecule has 142 valence electrons. The van der Waals surface area contributed by atoms with Crippen molar-refractivity contribution in [3.8, 4) is 0 Å². The van der Waals surface area contributed by atoms with Gasteiger partial charge in [0.25, 0.3) is 5.91 Å². The number of nitrogens with zero attached hydrogens (tertiary/aromatic N) is 5. The Morgan fingerprint density at radius 2 is 1.85 bits per heavy atom. The van der Waals surface area contributed by atoms with Crippen LogP contribution >= 0.6 is 11.6 Å². The highest BCUT2D eigenvalue weighted by Gasteiger charge is 2.19. The predicted molar refractivity (Wildman–Crippen MR) is 106 cm³/mol. The van der Waals surface area contributed by atoms with Crippen LogP contribution in [0.1, 0.15) is 10.4 Å². The summed E-state index contributed by atoms with van der Waals surface area (Å²) in [6.07, 6.45) is 3.48. The summed E-state index contributed by atoms with van der Waals surface area (Å²) in [5.74, 6) is 0.997. The van der Waals surface area contributed by atoms with E-state index >= 15 is 0 Å². The van der Waals surface area contributed by atoms with E-state index in [9.17, 15) is 4.79 Å². The molecule has 1 amide bonds. The molecule has 0 bridgehead atoms. The Balaban J connectivity index is 1.42. The molecule has 1 aliphatic rings. The maximum absolute atomic E-state index is 12.1. The van der Waals surface area contributed by atoms with Crippen LogP contribution in [-0.4, -0.2) is 66.0 Å². The molecule has 2 aromatic rings. The van der Waals surface area contributed by atoms with E-state index in [0.29, 0.717) is 29.6 Å². The first-order valence-electron chi connectivity index (χ1n) is 8.74. The fourth-order valence-electron chi connectivity index (χ4n) is 2.77. The van der Waals surface area contributed by atoms with Crippen LogP contribution in [0.2, 0.25) is 5.02 Å². The first-order valence-corrected chi connectivity index (χ1v) is 9.12. The Hall–Kier alpha value is -2.87. The monoisotopic (exact) mass is 387 g/mol. The van der Waals surface area contributed by atoms with Gasteiger partial charge in [0.2, 0.25) is 5.95 Å². The summed E-state index contributed by atoms with van der Waals surface area (Å²) in [6, 6.07) is 8.73. The number of hydrogen-bond donors (Lipinski definition) is 2. The lowest BCUT2D eigenvalue weighted by Crippen LogP contribution is -2.51. The van der Waals surface area contributed by atoms with Crippen LogP contribution in [-0.2, 0) is 0 Å². The van der Waals surface area contributed by atoms with E-state index in [0.717, 1.165) is 32.1 Å². The molecule has 1 aliphatic heterocycles. The van der Waals surface area contributed by atoms with Gasteiger partial charge in [-0.15, -0.1) is 0 Å². The Morgan fingerprint density at radius 3 is 2.56 bits per heavy atom. The van der Waals surface area contributed by atoms with E-state index in [1.165, 1.54) is 0 Å². The van der Waals surface area contributed by atoms with E-state index in [4.69, 9.17) is 17.3 Å². The van der Waals surface area contributed by atoms with Crippen molar-refractivity contribution in [1.82, 2.24) is 20.2 Å². The fraction of sp³-hybridized carbons (Fsp3) is 0.333. The van der Waals surface area contributed by atoms with Crippen LogP contribution in [0.15, 0.2) is 47.7 Å². The van der Waals surface area contributed by atoms with Crippen molar-refractivity contribution < 1.29 is 4.79 Å². The molecular formula is C18H22ClN7O. The third kappa shape index (κ3) is 5.07. The Morgan fingerprint density at radius 1 is 1.15 bits per heavy atom. The van der Waals surface area contributed by atoms with E-state index in [1.54, 1.807) is 42.7 Å². The summed E-state index contributed by atoms with van der Waals surface area (Å²) in [4.78, 5) is 29.1. The SMILES string of the molecule is NC(=NCCNC(=O)c1ccccc1Cl)N1CCN(c2ncccn2)CC1. The predicted octanol–water partition coefficient (Wildman–Crippen LogP) is 0.997. The average molecular weight is 388 g/mol. The van der Waals surface area contributed by atoms with Gasteiger partial charge in [-0.25, -0.2) is 9.97 Å².